The topological polar surface area (TPSA) is 62.5 Å². The van der Waals surface area contributed by atoms with Crippen molar-refractivity contribution in [2.75, 3.05) is 26.2 Å². The second kappa shape index (κ2) is 7.03. The van der Waals surface area contributed by atoms with Crippen LogP contribution < -0.4 is 0 Å². The molecule has 7 heteroatoms. The maximum Gasteiger partial charge on any atom is 0.241 e. The molecule has 0 saturated carbocycles. The normalized spacial score (nSPS) is 19.9. The molecule has 2 aliphatic heterocycles. The zero-order valence-electron chi connectivity index (χ0n) is 13.7. The highest BCUT2D eigenvalue weighted by molar-refractivity contribution is 7.13. The van der Waals surface area contributed by atoms with Gasteiger partial charge in [0.25, 0.3) is 0 Å². The van der Waals surface area contributed by atoms with Crippen LogP contribution in [-0.2, 0) is 11.3 Å². The van der Waals surface area contributed by atoms with Crippen molar-refractivity contribution in [2.24, 2.45) is 5.92 Å². The number of hydrogen-bond donors (Lipinski definition) is 0. The molecule has 0 radical (unpaired) electrons. The van der Waals surface area contributed by atoms with E-state index in [1.54, 1.807) is 11.3 Å². The maximum atomic E-state index is 12.5. The fraction of sp³-hybridized carbons (Fsp3) is 0.588. The van der Waals surface area contributed by atoms with E-state index in [9.17, 15) is 4.79 Å². The van der Waals surface area contributed by atoms with Crippen LogP contribution in [0.1, 0.15) is 31.6 Å². The molecule has 2 aromatic rings. The third-order valence-corrected chi connectivity index (χ3v) is 5.79. The number of rotatable bonds is 4. The van der Waals surface area contributed by atoms with Crippen LogP contribution >= 0.6 is 11.3 Å². The lowest BCUT2D eigenvalue weighted by Gasteiger charge is -2.32. The first-order valence-corrected chi connectivity index (χ1v) is 9.55. The number of thiophene rings is 1. The predicted octanol–water partition coefficient (Wildman–Crippen LogP) is 2.63. The number of likely N-dealkylation sites (tertiary alicyclic amines) is 2. The van der Waals surface area contributed by atoms with E-state index in [1.807, 2.05) is 22.4 Å². The highest BCUT2D eigenvalue weighted by Gasteiger charge is 2.30. The molecule has 24 heavy (non-hydrogen) atoms. The van der Waals surface area contributed by atoms with Crippen LogP contribution in [-0.4, -0.2) is 52.0 Å². The highest BCUT2D eigenvalue weighted by Crippen LogP contribution is 2.24. The monoisotopic (exact) mass is 346 g/mol. The van der Waals surface area contributed by atoms with Gasteiger partial charge in [-0.05, 0) is 50.2 Å². The third kappa shape index (κ3) is 3.37. The summed E-state index contributed by atoms with van der Waals surface area (Å²) in [7, 11) is 0. The summed E-state index contributed by atoms with van der Waals surface area (Å²) in [4.78, 5) is 22.3. The standard InChI is InChI=1S/C17H22N4O2S/c22-17(21-7-1-2-8-21)13-5-9-20(10-6-13)12-15-18-16(19-23-15)14-4-3-11-24-14/h3-4,11,13H,1-2,5-10,12H2. The fourth-order valence-electron chi connectivity index (χ4n) is 3.55. The van der Waals surface area contributed by atoms with Crippen LogP contribution in [0.3, 0.4) is 0 Å². The molecule has 1 amide bonds. The van der Waals surface area contributed by atoms with Gasteiger partial charge in [0.15, 0.2) is 0 Å². The van der Waals surface area contributed by atoms with Crippen molar-refractivity contribution in [1.29, 1.82) is 0 Å². The van der Waals surface area contributed by atoms with Gasteiger partial charge in [0.2, 0.25) is 17.6 Å². The van der Waals surface area contributed by atoms with E-state index in [2.05, 4.69) is 15.0 Å². The molecule has 2 aliphatic rings. The summed E-state index contributed by atoms with van der Waals surface area (Å²) in [6.45, 7) is 4.41. The summed E-state index contributed by atoms with van der Waals surface area (Å²) in [6, 6.07) is 3.98. The van der Waals surface area contributed by atoms with Crippen molar-refractivity contribution in [3.05, 3.63) is 23.4 Å². The van der Waals surface area contributed by atoms with Crippen molar-refractivity contribution in [3.63, 3.8) is 0 Å². The number of amides is 1. The average Bonchev–Trinajstić information content (AvgIpc) is 3.36. The van der Waals surface area contributed by atoms with Crippen LogP contribution in [0.15, 0.2) is 22.0 Å². The van der Waals surface area contributed by atoms with Gasteiger partial charge in [0.05, 0.1) is 11.4 Å². The molecule has 0 aromatic carbocycles. The summed E-state index contributed by atoms with van der Waals surface area (Å²) in [6.07, 6.45) is 4.19. The quantitative estimate of drug-likeness (QED) is 0.852. The molecule has 6 nitrogen and oxygen atoms in total. The Morgan fingerprint density at radius 3 is 2.75 bits per heavy atom. The number of nitrogens with zero attached hydrogens (tertiary/aromatic N) is 4. The van der Waals surface area contributed by atoms with Gasteiger partial charge < -0.3 is 9.42 Å². The first kappa shape index (κ1) is 15.8. The van der Waals surface area contributed by atoms with Crippen LogP contribution in [0, 0.1) is 5.92 Å². The lowest BCUT2D eigenvalue weighted by Crippen LogP contribution is -2.41. The first-order chi connectivity index (χ1) is 11.8. The Hall–Kier alpha value is -1.73. The second-order valence-corrected chi connectivity index (χ2v) is 7.52. The lowest BCUT2D eigenvalue weighted by atomic mass is 9.95. The van der Waals surface area contributed by atoms with E-state index in [0.29, 0.717) is 24.2 Å². The van der Waals surface area contributed by atoms with Gasteiger partial charge in [-0.25, -0.2) is 0 Å². The van der Waals surface area contributed by atoms with Crippen LogP contribution in [0.5, 0.6) is 0 Å². The molecule has 128 valence electrons. The molecule has 0 aliphatic carbocycles. The molecule has 0 bridgehead atoms. The number of hydrogen-bond acceptors (Lipinski definition) is 6. The molecule has 0 atom stereocenters. The zero-order valence-corrected chi connectivity index (χ0v) is 14.5. The minimum Gasteiger partial charge on any atom is -0.342 e. The molecule has 0 unspecified atom stereocenters. The molecule has 4 rings (SSSR count). The van der Waals surface area contributed by atoms with Crippen LogP contribution in [0.25, 0.3) is 10.7 Å². The Balaban J connectivity index is 1.29. The van der Waals surface area contributed by atoms with Crippen molar-refractivity contribution in [2.45, 2.75) is 32.2 Å². The number of carbonyl (C=O) groups is 1. The van der Waals surface area contributed by atoms with Crippen LogP contribution in [0.4, 0.5) is 0 Å². The number of aromatic nitrogens is 2. The Labute approximate surface area is 145 Å². The maximum absolute atomic E-state index is 12.5. The molecule has 2 aromatic heterocycles. The van der Waals surface area contributed by atoms with Gasteiger partial charge in [0.1, 0.15) is 0 Å². The minimum atomic E-state index is 0.198. The van der Waals surface area contributed by atoms with Crippen molar-refractivity contribution in [1.82, 2.24) is 19.9 Å². The van der Waals surface area contributed by atoms with Gasteiger partial charge in [-0.3, -0.25) is 9.69 Å². The van der Waals surface area contributed by atoms with Crippen LogP contribution in [0.2, 0.25) is 0 Å². The zero-order chi connectivity index (χ0) is 16.4. The summed E-state index contributed by atoms with van der Waals surface area (Å²) in [5.41, 5.74) is 0. The molecular formula is C17H22N4O2S. The summed E-state index contributed by atoms with van der Waals surface area (Å²) < 4.78 is 5.38. The first-order valence-electron chi connectivity index (χ1n) is 8.67. The highest BCUT2D eigenvalue weighted by atomic mass is 32.1. The minimum absolute atomic E-state index is 0.198. The Morgan fingerprint density at radius 2 is 2.04 bits per heavy atom. The molecule has 2 saturated heterocycles. The number of piperidine rings is 1. The molecule has 0 N–H and O–H groups in total. The smallest absolute Gasteiger partial charge is 0.241 e. The van der Waals surface area contributed by atoms with Crippen molar-refractivity contribution < 1.29 is 9.32 Å². The molecular weight excluding hydrogens is 324 g/mol. The molecule has 2 fully saturated rings. The summed E-state index contributed by atoms with van der Waals surface area (Å²) >= 11 is 1.61. The van der Waals surface area contributed by atoms with Gasteiger partial charge in [-0.2, -0.15) is 4.98 Å². The van der Waals surface area contributed by atoms with Crippen molar-refractivity contribution in [3.8, 4) is 10.7 Å². The Morgan fingerprint density at radius 1 is 1.25 bits per heavy atom. The average molecular weight is 346 g/mol. The molecule has 0 spiro atoms. The largest absolute Gasteiger partial charge is 0.342 e. The van der Waals surface area contributed by atoms with E-state index >= 15 is 0 Å². The van der Waals surface area contributed by atoms with Gasteiger partial charge >= 0.3 is 0 Å². The lowest BCUT2D eigenvalue weighted by molar-refractivity contribution is -0.136. The van der Waals surface area contributed by atoms with E-state index in [1.165, 1.54) is 0 Å². The molecule has 4 heterocycles. The second-order valence-electron chi connectivity index (χ2n) is 6.57. The summed E-state index contributed by atoms with van der Waals surface area (Å²) in [5.74, 6) is 1.88. The Bertz CT molecular complexity index is 671. The third-order valence-electron chi connectivity index (χ3n) is 4.92. The van der Waals surface area contributed by atoms with Gasteiger partial charge in [-0.15, -0.1) is 11.3 Å². The SMILES string of the molecule is O=C(C1CCN(Cc2nc(-c3cccs3)no2)CC1)N1CCCC1. The van der Waals surface area contributed by atoms with Crippen molar-refractivity contribution >= 4 is 17.2 Å². The van der Waals surface area contributed by atoms with Gasteiger partial charge in [0, 0.05) is 19.0 Å². The van der Waals surface area contributed by atoms with E-state index in [-0.39, 0.29) is 5.92 Å². The fourth-order valence-corrected chi connectivity index (χ4v) is 4.20. The summed E-state index contributed by atoms with van der Waals surface area (Å²) in [5, 5.41) is 6.06. The Kier molecular flexibility index (Phi) is 4.62. The van der Waals surface area contributed by atoms with Gasteiger partial charge in [-0.1, -0.05) is 11.2 Å². The predicted molar refractivity (Wildman–Crippen MR) is 91.4 cm³/mol. The van der Waals surface area contributed by atoms with E-state index in [0.717, 1.165) is 56.7 Å². The number of carbonyl (C=O) groups excluding carboxylic acids is 1. The van der Waals surface area contributed by atoms with E-state index < -0.39 is 0 Å². The van der Waals surface area contributed by atoms with E-state index in [4.69, 9.17) is 4.52 Å².